The van der Waals surface area contributed by atoms with Gasteiger partial charge < -0.3 is 5.32 Å². The third-order valence-corrected chi connectivity index (χ3v) is 5.38. The van der Waals surface area contributed by atoms with E-state index in [1.54, 1.807) is 6.08 Å². The molecule has 1 N–H and O–H groups in total. The molecule has 0 spiro atoms. The number of benzene rings is 2. The van der Waals surface area contributed by atoms with Crippen molar-refractivity contribution in [1.82, 2.24) is 14.8 Å². The lowest BCUT2D eigenvalue weighted by Gasteiger charge is -2.09. The van der Waals surface area contributed by atoms with Gasteiger partial charge in [0.25, 0.3) is 0 Å². The number of hydrogen-bond acceptors (Lipinski definition) is 4. The molecule has 1 amide bonds. The Morgan fingerprint density at radius 3 is 2.81 bits per heavy atom. The minimum Gasteiger partial charge on any atom is -0.325 e. The number of thioether (sulfide) groups is 1. The van der Waals surface area contributed by atoms with Crippen molar-refractivity contribution in [2.24, 2.45) is 0 Å². The molecule has 0 aliphatic rings. The maximum Gasteiger partial charge on any atom is 0.234 e. The minimum atomic E-state index is -0.0766. The summed E-state index contributed by atoms with van der Waals surface area (Å²) in [4.78, 5) is 12.3. The number of rotatable bonds is 7. The number of nitrogens with zero attached hydrogens (tertiary/aromatic N) is 3. The van der Waals surface area contributed by atoms with Gasteiger partial charge in [0.15, 0.2) is 11.0 Å². The van der Waals surface area contributed by atoms with Gasteiger partial charge in [-0.1, -0.05) is 47.7 Å². The van der Waals surface area contributed by atoms with Gasteiger partial charge in [-0.15, -0.1) is 16.8 Å². The predicted octanol–water partition coefficient (Wildman–Crippen LogP) is 4.77. The first-order chi connectivity index (χ1) is 13.1. The van der Waals surface area contributed by atoms with E-state index in [-0.39, 0.29) is 11.7 Å². The van der Waals surface area contributed by atoms with Crippen LogP contribution in [0.5, 0.6) is 0 Å². The number of halogens is 1. The molecule has 0 saturated carbocycles. The number of amides is 1. The van der Waals surface area contributed by atoms with Crippen molar-refractivity contribution in [2.45, 2.75) is 18.6 Å². The lowest BCUT2D eigenvalue weighted by molar-refractivity contribution is -0.113. The summed E-state index contributed by atoms with van der Waals surface area (Å²) in [5, 5.41) is 12.2. The number of hydrogen-bond donors (Lipinski definition) is 1. The Labute approximate surface area is 176 Å². The summed E-state index contributed by atoms with van der Waals surface area (Å²) < 4.78 is 3.05. The van der Waals surface area contributed by atoms with E-state index in [2.05, 4.69) is 50.8 Å². The van der Waals surface area contributed by atoms with Gasteiger partial charge in [0.05, 0.1) is 5.75 Å². The van der Waals surface area contributed by atoms with Crippen LogP contribution < -0.4 is 5.32 Å². The van der Waals surface area contributed by atoms with Gasteiger partial charge >= 0.3 is 0 Å². The fourth-order valence-corrected chi connectivity index (χ4v) is 3.87. The molecule has 0 fully saturated rings. The SMILES string of the molecule is C=CCn1c(SCC(=O)Nc2cccc(I)c2)nnc1-c1cccc(C)c1. The average molecular weight is 490 g/mol. The zero-order valence-electron chi connectivity index (χ0n) is 14.9. The van der Waals surface area contributed by atoms with E-state index in [1.165, 1.54) is 11.8 Å². The number of carbonyl (C=O) groups is 1. The van der Waals surface area contributed by atoms with E-state index in [0.29, 0.717) is 11.7 Å². The number of anilines is 1. The van der Waals surface area contributed by atoms with Crippen LogP contribution in [0.4, 0.5) is 5.69 Å². The summed E-state index contributed by atoms with van der Waals surface area (Å²) in [7, 11) is 0. The van der Waals surface area contributed by atoms with Crippen LogP contribution in [-0.4, -0.2) is 26.4 Å². The zero-order chi connectivity index (χ0) is 19.2. The van der Waals surface area contributed by atoms with Crippen LogP contribution in [0.15, 0.2) is 66.3 Å². The van der Waals surface area contributed by atoms with Crippen LogP contribution in [0.3, 0.4) is 0 Å². The van der Waals surface area contributed by atoms with Crippen LogP contribution in [-0.2, 0) is 11.3 Å². The number of allylic oxidation sites excluding steroid dienone is 1. The molecule has 0 radical (unpaired) electrons. The summed E-state index contributed by atoms with van der Waals surface area (Å²) in [6, 6.07) is 15.8. The van der Waals surface area contributed by atoms with Crippen molar-refractivity contribution in [3.05, 3.63) is 70.3 Å². The second-order valence-electron chi connectivity index (χ2n) is 5.92. The Morgan fingerprint density at radius 2 is 2.07 bits per heavy atom. The number of aryl methyl sites for hydroxylation is 1. The third kappa shape index (κ3) is 5.20. The Kier molecular flexibility index (Phi) is 6.68. The molecule has 0 aliphatic heterocycles. The number of nitrogens with one attached hydrogen (secondary N) is 1. The van der Waals surface area contributed by atoms with E-state index in [4.69, 9.17) is 0 Å². The van der Waals surface area contributed by atoms with Gasteiger partial charge in [-0.3, -0.25) is 9.36 Å². The molecule has 1 heterocycles. The van der Waals surface area contributed by atoms with Crippen molar-refractivity contribution < 1.29 is 4.79 Å². The summed E-state index contributed by atoms with van der Waals surface area (Å²) in [5.41, 5.74) is 2.95. The van der Waals surface area contributed by atoms with E-state index in [9.17, 15) is 4.79 Å². The molecule has 2 aromatic carbocycles. The molecule has 7 heteroatoms. The third-order valence-electron chi connectivity index (χ3n) is 3.75. The van der Waals surface area contributed by atoms with Crippen LogP contribution in [0, 0.1) is 10.5 Å². The van der Waals surface area contributed by atoms with Gasteiger partial charge in [0.1, 0.15) is 0 Å². The Morgan fingerprint density at radius 1 is 1.26 bits per heavy atom. The first-order valence-electron chi connectivity index (χ1n) is 8.36. The molecule has 0 atom stereocenters. The van der Waals surface area contributed by atoms with E-state index >= 15 is 0 Å². The van der Waals surface area contributed by atoms with Crippen LogP contribution in [0.2, 0.25) is 0 Å². The number of carbonyl (C=O) groups excluding carboxylic acids is 1. The fraction of sp³-hybridized carbons (Fsp3) is 0.150. The molecule has 0 aliphatic carbocycles. The monoisotopic (exact) mass is 490 g/mol. The van der Waals surface area contributed by atoms with Gasteiger partial charge in [-0.05, 0) is 53.8 Å². The molecule has 0 bridgehead atoms. The van der Waals surface area contributed by atoms with Crippen molar-refractivity contribution >= 4 is 45.9 Å². The molecule has 0 saturated heterocycles. The Balaban J connectivity index is 1.73. The first-order valence-corrected chi connectivity index (χ1v) is 10.4. The van der Waals surface area contributed by atoms with E-state index < -0.39 is 0 Å². The lowest BCUT2D eigenvalue weighted by atomic mass is 10.1. The standard InChI is InChI=1S/C20H19IN4OS/c1-3-10-25-19(15-7-4-6-14(2)11-15)23-24-20(25)27-13-18(26)22-17-9-5-8-16(21)12-17/h3-9,11-12H,1,10,13H2,2H3,(H,22,26). The molecule has 27 heavy (non-hydrogen) atoms. The average Bonchev–Trinajstić information content (AvgIpc) is 3.03. The van der Waals surface area contributed by atoms with Crippen molar-refractivity contribution in [1.29, 1.82) is 0 Å². The second-order valence-corrected chi connectivity index (χ2v) is 8.11. The van der Waals surface area contributed by atoms with Crippen LogP contribution >= 0.6 is 34.4 Å². The van der Waals surface area contributed by atoms with Crippen LogP contribution in [0.25, 0.3) is 11.4 Å². The molecular weight excluding hydrogens is 471 g/mol. The number of aromatic nitrogens is 3. The van der Waals surface area contributed by atoms with E-state index in [1.807, 2.05) is 54.0 Å². The Bertz CT molecular complexity index is 970. The van der Waals surface area contributed by atoms with Crippen molar-refractivity contribution in [2.75, 3.05) is 11.1 Å². The molecule has 0 unspecified atom stereocenters. The first kappa shape index (κ1) is 19.6. The summed E-state index contributed by atoms with van der Waals surface area (Å²) >= 11 is 3.59. The van der Waals surface area contributed by atoms with Gasteiger partial charge in [-0.2, -0.15) is 0 Å². The van der Waals surface area contributed by atoms with Gasteiger partial charge in [0.2, 0.25) is 5.91 Å². The quantitative estimate of drug-likeness (QED) is 0.295. The van der Waals surface area contributed by atoms with E-state index in [0.717, 1.165) is 26.2 Å². The maximum absolute atomic E-state index is 12.3. The highest BCUT2D eigenvalue weighted by molar-refractivity contribution is 14.1. The lowest BCUT2D eigenvalue weighted by Crippen LogP contribution is -2.14. The van der Waals surface area contributed by atoms with Crippen LogP contribution in [0.1, 0.15) is 5.56 Å². The van der Waals surface area contributed by atoms with Gasteiger partial charge in [0, 0.05) is 21.4 Å². The fourth-order valence-electron chi connectivity index (χ4n) is 2.58. The largest absolute Gasteiger partial charge is 0.325 e. The highest BCUT2D eigenvalue weighted by Gasteiger charge is 2.15. The smallest absolute Gasteiger partial charge is 0.234 e. The molecule has 138 valence electrons. The molecular formula is C20H19IN4OS. The molecule has 1 aromatic heterocycles. The van der Waals surface area contributed by atoms with Crippen molar-refractivity contribution in [3.63, 3.8) is 0 Å². The molecule has 3 aromatic rings. The summed E-state index contributed by atoms with van der Waals surface area (Å²) in [6.45, 7) is 6.45. The second kappa shape index (κ2) is 9.18. The molecule has 3 rings (SSSR count). The highest BCUT2D eigenvalue weighted by Crippen LogP contribution is 2.25. The summed E-state index contributed by atoms with van der Waals surface area (Å²) in [5.74, 6) is 0.959. The highest BCUT2D eigenvalue weighted by atomic mass is 127. The topological polar surface area (TPSA) is 59.8 Å². The zero-order valence-corrected chi connectivity index (χ0v) is 17.8. The Hall–Kier alpha value is -2.13. The van der Waals surface area contributed by atoms with Gasteiger partial charge in [-0.25, -0.2) is 0 Å². The normalized spacial score (nSPS) is 10.6. The maximum atomic E-state index is 12.3. The van der Waals surface area contributed by atoms with Crippen molar-refractivity contribution in [3.8, 4) is 11.4 Å². The summed E-state index contributed by atoms with van der Waals surface area (Å²) in [6.07, 6.45) is 1.80. The predicted molar refractivity (Wildman–Crippen MR) is 119 cm³/mol. The molecule has 5 nitrogen and oxygen atoms in total. The minimum absolute atomic E-state index is 0.0766.